The Bertz CT molecular complexity index is 509. The molecule has 2 unspecified atom stereocenters. The van der Waals surface area contributed by atoms with Gasteiger partial charge in [-0.1, -0.05) is 19.8 Å². The van der Waals surface area contributed by atoms with Gasteiger partial charge in [-0.2, -0.15) is 0 Å². The minimum absolute atomic E-state index is 0.108. The van der Waals surface area contributed by atoms with Crippen LogP contribution in [0.5, 0.6) is 0 Å². The van der Waals surface area contributed by atoms with E-state index in [1.807, 2.05) is 6.92 Å². The van der Waals surface area contributed by atoms with Gasteiger partial charge in [0.2, 0.25) is 0 Å². The predicted octanol–water partition coefficient (Wildman–Crippen LogP) is 2.62. The number of aliphatic carboxylic acids is 1. The SMILES string of the molecule is CCc1ncnc(NC2CCCCC2(C)C(=O)O)c1F. The van der Waals surface area contributed by atoms with Crippen molar-refractivity contribution in [2.45, 2.75) is 52.0 Å². The topological polar surface area (TPSA) is 75.1 Å². The Hall–Kier alpha value is -1.72. The standard InChI is InChI=1S/C14H20FN3O2/c1-3-9-11(15)12(17-8-16-9)18-10-6-4-5-7-14(10,2)13(19)20/h8,10H,3-7H2,1-2H3,(H,19,20)(H,16,17,18). The maximum atomic E-state index is 14.1. The molecule has 0 radical (unpaired) electrons. The van der Waals surface area contributed by atoms with Crippen LogP contribution in [0, 0.1) is 11.2 Å². The van der Waals surface area contributed by atoms with Gasteiger partial charge in [-0.15, -0.1) is 0 Å². The van der Waals surface area contributed by atoms with Crippen LogP contribution in [0.1, 0.15) is 45.2 Å². The number of carbonyl (C=O) groups is 1. The summed E-state index contributed by atoms with van der Waals surface area (Å²) >= 11 is 0. The second-order valence-corrected chi connectivity index (χ2v) is 5.50. The van der Waals surface area contributed by atoms with Crippen LogP contribution in [0.2, 0.25) is 0 Å². The molecule has 110 valence electrons. The maximum absolute atomic E-state index is 14.1. The van der Waals surface area contributed by atoms with Gasteiger partial charge >= 0.3 is 5.97 Å². The summed E-state index contributed by atoms with van der Waals surface area (Å²) in [5.74, 6) is -1.22. The van der Waals surface area contributed by atoms with Crippen LogP contribution in [0.3, 0.4) is 0 Å². The average Bonchev–Trinajstić information content (AvgIpc) is 2.43. The second-order valence-electron chi connectivity index (χ2n) is 5.50. The summed E-state index contributed by atoms with van der Waals surface area (Å²) in [6.07, 6.45) is 4.90. The Morgan fingerprint density at radius 2 is 2.30 bits per heavy atom. The van der Waals surface area contributed by atoms with Crippen LogP contribution in [-0.4, -0.2) is 27.1 Å². The van der Waals surface area contributed by atoms with Gasteiger partial charge in [0, 0.05) is 6.04 Å². The van der Waals surface area contributed by atoms with Crippen molar-refractivity contribution in [2.75, 3.05) is 5.32 Å². The van der Waals surface area contributed by atoms with Crippen LogP contribution in [0.25, 0.3) is 0 Å². The Morgan fingerprint density at radius 3 is 2.95 bits per heavy atom. The summed E-state index contributed by atoms with van der Waals surface area (Å²) in [6, 6.07) is -0.317. The number of carboxylic acids is 1. The lowest BCUT2D eigenvalue weighted by Crippen LogP contribution is -2.47. The van der Waals surface area contributed by atoms with Gasteiger partial charge in [-0.05, 0) is 26.2 Å². The molecule has 2 N–H and O–H groups in total. The highest BCUT2D eigenvalue weighted by atomic mass is 19.1. The molecule has 1 heterocycles. The normalized spacial score (nSPS) is 26.2. The second kappa shape index (κ2) is 5.73. The predicted molar refractivity (Wildman–Crippen MR) is 73.0 cm³/mol. The van der Waals surface area contributed by atoms with Crippen molar-refractivity contribution >= 4 is 11.8 Å². The van der Waals surface area contributed by atoms with E-state index in [0.717, 1.165) is 12.8 Å². The van der Waals surface area contributed by atoms with E-state index in [1.54, 1.807) is 6.92 Å². The first kappa shape index (κ1) is 14.7. The first-order valence-corrected chi connectivity index (χ1v) is 6.98. The van der Waals surface area contributed by atoms with Crippen LogP contribution in [0.4, 0.5) is 10.2 Å². The molecule has 2 atom stereocenters. The zero-order chi connectivity index (χ0) is 14.8. The fraction of sp³-hybridized carbons (Fsp3) is 0.643. The third kappa shape index (κ3) is 2.59. The molecular formula is C14H20FN3O2. The van der Waals surface area contributed by atoms with E-state index in [1.165, 1.54) is 6.33 Å². The van der Waals surface area contributed by atoms with Crippen molar-refractivity contribution in [1.29, 1.82) is 0 Å². The summed E-state index contributed by atoms with van der Waals surface area (Å²) in [6.45, 7) is 3.53. The van der Waals surface area contributed by atoms with E-state index in [0.29, 0.717) is 25.0 Å². The lowest BCUT2D eigenvalue weighted by atomic mass is 9.71. The van der Waals surface area contributed by atoms with E-state index >= 15 is 0 Å². The zero-order valence-electron chi connectivity index (χ0n) is 11.8. The third-order valence-corrected chi connectivity index (χ3v) is 4.20. The molecule has 5 nitrogen and oxygen atoms in total. The van der Waals surface area contributed by atoms with Crippen molar-refractivity contribution in [1.82, 2.24) is 9.97 Å². The highest BCUT2D eigenvalue weighted by Gasteiger charge is 2.43. The van der Waals surface area contributed by atoms with E-state index in [9.17, 15) is 14.3 Å². The molecule has 1 aliphatic rings. The van der Waals surface area contributed by atoms with Gasteiger partial charge in [0.15, 0.2) is 11.6 Å². The lowest BCUT2D eigenvalue weighted by Gasteiger charge is -2.38. The molecular weight excluding hydrogens is 261 g/mol. The van der Waals surface area contributed by atoms with Gasteiger partial charge in [0.25, 0.3) is 0 Å². The quantitative estimate of drug-likeness (QED) is 0.887. The van der Waals surface area contributed by atoms with Gasteiger partial charge < -0.3 is 10.4 Å². The highest BCUT2D eigenvalue weighted by molar-refractivity contribution is 5.76. The zero-order valence-corrected chi connectivity index (χ0v) is 11.8. The molecule has 20 heavy (non-hydrogen) atoms. The first-order valence-electron chi connectivity index (χ1n) is 6.98. The number of halogens is 1. The molecule has 0 bridgehead atoms. The molecule has 0 aliphatic heterocycles. The lowest BCUT2D eigenvalue weighted by molar-refractivity contribution is -0.150. The molecule has 1 aromatic rings. The highest BCUT2D eigenvalue weighted by Crippen LogP contribution is 2.38. The van der Waals surface area contributed by atoms with Crippen LogP contribution < -0.4 is 5.32 Å². The number of aromatic nitrogens is 2. The van der Waals surface area contributed by atoms with E-state index in [2.05, 4.69) is 15.3 Å². The number of anilines is 1. The molecule has 0 saturated heterocycles. The number of nitrogens with one attached hydrogen (secondary N) is 1. The molecule has 6 heteroatoms. The number of hydrogen-bond donors (Lipinski definition) is 2. The van der Waals surface area contributed by atoms with Crippen molar-refractivity contribution in [2.24, 2.45) is 5.41 Å². The number of hydrogen-bond acceptors (Lipinski definition) is 4. The molecule has 1 saturated carbocycles. The molecule has 2 rings (SSSR count). The minimum Gasteiger partial charge on any atom is -0.481 e. The monoisotopic (exact) mass is 281 g/mol. The van der Waals surface area contributed by atoms with E-state index < -0.39 is 17.2 Å². The smallest absolute Gasteiger partial charge is 0.311 e. The Labute approximate surface area is 117 Å². The number of nitrogens with zero attached hydrogens (tertiary/aromatic N) is 2. The fourth-order valence-electron chi connectivity index (χ4n) is 2.74. The van der Waals surface area contributed by atoms with Crippen LogP contribution >= 0.6 is 0 Å². The summed E-state index contributed by atoms with van der Waals surface area (Å²) in [5.41, 5.74) is -0.544. The average molecular weight is 281 g/mol. The molecule has 1 aliphatic carbocycles. The van der Waals surface area contributed by atoms with Crippen molar-refractivity contribution in [3.8, 4) is 0 Å². The Morgan fingerprint density at radius 1 is 1.55 bits per heavy atom. The van der Waals surface area contributed by atoms with Crippen LogP contribution in [-0.2, 0) is 11.2 Å². The summed E-state index contributed by atoms with van der Waals surface area (Å²) in [4.78, 5) is 19.3. The summed E-state index contributed by atoms with van der Waals surface area (Å²) in [5, 5.41) is 12.4. The van der Waals surface area contributed by atoms with Crippen LogP contribution in [0.15, 0.2) is 6.33 Å². The van der Waals surface area contributed by atoms with Crippen molar-refractivity contribution < 1.29 is 14.3 Å². The van der Waals surface area contributed by atoms with E-state index in [-0.39, 0.29) is 11.9 Å². The number of carboxylic acid groups (broad SMARTS) is 1. The first-order chi connectivity index (χ1) is 9.49. The van der Waals surface area contributed by atoms with Crippen molar-refractivity contribution in [3.05, 3.63) is 17.8 Å². The summed E-state index contributed by atoms with van der Waals surface area (Å²) in [7, 11) is 0. The summed E-state index contributed by atoms with van der Waals surface area (Å²) < 4.78 is 14.1. The van der Waals surface area contributed by atoms with Crippen molar-refractivity contribution in [3.63, 3.8) is 0 Å². The van der Waals surface area contributed by atoms with E-state index in [4.69, 9.17) is 0 Å². The largest absolute Gasteiger partial charge is 0.481 e. The molecule has 0 spiro atoms. The van der Waals surface area contributed by atoms with Gasteiger partial charge in [0.05, 0.1) is 11.1 Å². The molecule has 0 amide bonds. The maximum Gasteiger partial charge on any atom is 0.311 e. The number of rotatable bonds is 4. The van der Waals surface area contributed by atoms with Gasteiger partial charge in [-0.3, -0.25) is 4.79 Å². The third-order valence-electron chi connectivity index (χ3n) is 4.20. The molecule has 1 fully saturated rings. The molecule has 0 aromatic carbocycles. The van der Waals surface area contributed by atoms with Gasteiger partial charge in [-0.25, -0.2) is 14.4 Å². The minimum atomic E-state index is -0.887. The fourth-order valence-corrected chi connectivity index (χ4v) is 2.74. The Balaban J connectivity index is 2.26. The number of aryl methyl sites for hydroxylation is 1. The molecule has 1 aromatic heterocycles. The van der Waals surface area contributed by atoms with Gasteiger partial charge in [0.1, 0.15) is 6.33 Å². The Kier molecular flexibility index (Phi) is 4.20.